The molecule has 1 amide bonds. The smallest absolute Gasteiger partial charge is 0.326 e. The second kappa shape index (κ2) is 6.88. The van der Waals surface area contributed by atoms with Crippen LogP contribution < -0.4 is 4.74 Å². The Balaban J connectivity index is 2.78. The molecule has 114 valence electrons. The molecule has 2 unspecified atom stereocenters. The summed E-state index contributed by atoms with van der Waals surface area (Å²) in [5, 5.41) is 8.90. The molecule has 1 rings (SSSR count). The van der Waals surface area contributed by atoms with Crippen molar-refractivity contribution < 1.29 is 24.2 Å². The molecule has 21 heavy (non-hydrogen) atoms. The Bertz CT molecular complexity index is 555. The molecule has 0 spiro atoms. The number of carbonyl (C=O) groups is 3. The Morgan fingerprint density at radius 1 is 1.24 bits per heavy atom. The molecule has 6 heteroatoms. The van der Waals surface area contributed by atoms with E-state index in [1.54, 1.807) is 24.3 Å². The van der Waals surface area contributed by atoms with Gasteiger partial charge in [-0.15, -0.1) is 0 Å². The SMILES string of the molecule is CC(=O)c1cccc(OC(C)C(=O)N(C)C(C)C(=O)O)c1. The first-order valence-electron chi connectivity index (χ1n) is 6.51. The molecular formula is C15H19NO5. The van der Waals surface area contributed by atoms with Gasteiger partial charge in [0.1, 0.15) is 11.8 Å². The molecule has 0 aliphatic rings. The highest BCUT2D eigenvalue weighted by Crippen LogP contribution is 2.16. The summed E-state index contributed by atoms with van der Waals surface area (Å²) in [6.07, 6.45) is -0.848. The van der Waals surface area contributed by atoms with E-state index < -0.39 is 24.0 Å². The number of carboxylic acid groups (broad SMARTS) is 1. The number of benzene rings is 1. The predicted molar refractivity (Wildman–Crippen MR) is 76.4 cm³/mol. The molecule has 2 atom stereocenters. The van der Waals surface area contributed by atoms with Crippen LogP contribution in [0.3, 0.4) is 0 Å². The summed E-state index contributed by atoms with van der Waals surface area (Å²) in [6, 6.07) is 5.56. The number of Topliss-reactive ketones (excluding diaryl/α,β-unsaturated/α-hetero) is 1. The van der Waals surface area contributed by atoms with Gasteiger partial charge in [-0.3, -0.25) is 9.59 Å². The first-order valence-corrected chi connectivity index (χ1v) is 6.51. The maximum Gasteiger partial charge on any atom is 0.326 e. The normalized spacial score (nSPS) is 13.1. The average molecular weight is 293 g/mol. The fourth-order valence-electron chi connectivity index (χ4n) is 1.69. The number of aliphatic carboxylic acids is 1. The number of hydrogen-bond acceptors (Lipinski definition) is 4. The van der Waals surface area contributed by atoms with Gasteiger partial charge in [0.25, 0.3) is 5.91 Å². The number of likely N-dealkylation sites (N-methyl/N-ethyl adjacent to an activating group) is 1. The number of ether oxygens (including phenoxy) is 1. The van der Waals surface area contributed by atoms with Gasteiger partial charge in [-0.05, 0) is 32.9 Å². The average Bonchev–Trinajstić information content (AvgIpc) is 2.44. The van der Waals surface area contributed by atoms with E-state index in [4.69, 9.17) is 9.84 Å². The van der Waals surface area contributed by atoms with Gasteiger partial charge in [0.2, 0.25) is 0 Å². The minimum absolute atomic E-state index is 0.101. The number of nitrogens with zero attached hydrogens (tertiary/aromatic N) is 1. The van der Waals surface area contributed by atoms with Crippen LogP contribution in [-0.4, -0.2) is 46.9 Å². The second-order valence-corrected chi connectivity index (χ2v) is 4.81. The van der Waals surface area contributed by atoms with E-state index in [9.17, 15) is 14.4 Å². The zero-order valence-corrected chi connectivity index (χ0v) is 12.5. The molecule has 1 aromatic carbocycles. The van der Waals surface area contributed by atoms with Gasteiger partial charge in [-0.2, -0.15) is 0 Å². The van der Waals surface area contributed by atoms with Crippen LogP contribution in [0, 0.1) is 0 Å². The maximum absolute atomic E-state index is 12.1. The topological polar surface area (TPSA) is 83.9 Å². The van der Waals surface area contributed by atoms with Crippen molar-refractivity contribution in [3.05, 3.63) is 29.8 Å². The van der Waals surface area contributed by atoms with Crippen LogP contribution in [0.15, 0.2) is 24.3 Å². The molecule has 1 aromatic rings. The molecule has 1 N–H and O–H groups in total. The van der Waals surface area contributed by atoms with Crippen molar-refractivity contribution in [1.82, 2.24) is 4.90 Å². The lowest BCUT2D eigenvalue weighted by Crippen LogP contribution is -2.46. The van der Waals surface area contributed by atoms with Gasteiger partial charge < -0.3 is 14.7 Å². The first-order chi connectivity index (χ1) is 9.73. The third-order valence-electron chi connectivity index (χ3n) is 3.19. The van der Waals surface area contributed by atoms with Crippen molar-refractivity contribution in [3.63, 3.8) is 0 Å². The Morgan fingerprint density at radius 2 is 1.86 bits per heavy atom. The van der Waals surface area contributed by atoms with Gasteiger partial charge in [0.05, 0.1) is 0 Å². The predicted octanol–water partition coefficient (Wildman–Crippen LogP) is 1.59. The van der Waals surface area contributed by atoms with Crippen molar-refractivity contribution in [2.75, 3.05) is 7.05 Å². The van der Waals surface area contributed by atoms with E-state index in [-0.39, 0.29) is 5.78 Å². The molecule has 0 saturated heterocycles. The zero-order valence-electron chi connectivity index (χ0n) is 12.5. The Morgan fingerprint density at radius 3 is 2.38 bits per heavy atom. The third kappa shape index (κ3) is 4.30. The molecule has 0 aliphatic carbocycles. The van der Waals surface area contributed by atoms with Gasteiger partial charge in [-0.1, -0.05) is 12.1 Å². The van der Waals surface area contributed by atoms with E-state index in [2.05, 4.69) is 0 Å². The van der Waals surface area contributed by atoms with Crippen LogP contribution in [-0.2, 0) is 9.59 Å². The van der Waals surface area contributed by atoms with Gasteiger partial charge in [0, 0.05) is 12.6 Å². The van der Waals surface area contributed by atoms with Crippen LogP contribution in [0.1, 0.15) is 31.1 Å². The van der Waals surface area contributed by atoms with Crippen LogP contribution >= 0.6 is 0 Å². The lowest BCUT2D eigenvalue weighted by molar-refractivity contribution is -0.150. The number of hydrogen-bond donors (Lipinski definition) is 1. The molecule has 0 aromatic heterocycles. The molecule has 0 radical (unpaired) electrons. The summed E-state index contributed by atoms with van der Waals surface area (Å²) in [5.41, 5.74) is 0.486. The fourth-order valence-corrected chi connectivity index (χ4v) is 1.69. The number of rotatable bonds is 6. The molecule has 0 bridgehead atoms. The molecule has 0 fully saturated rings. The first kappa shape index (κ1) is 16.7. The highest BCUT2D eigenvalue weighted by molar-refractivity contribution is 5.94. The van der Waals surface area contributed by atoms with Crippen LogP contribution in [0.4, 0.5) is 0 Å². The van der Waals surface area contributed by atoms with Crippen LogP contribution in [0.5, 0.6) is 5.75 Å². The molecule has 0 heterocycles. The van der Waals surface area contributed by atoms with Crippen LogP contribution in [0.2, 0.25) is 0 Å². The summed E-state index contributed by atoms with van der Waals surface area (Å²) < 4.78 is 5.48. The summed E-state index contributed by atoms with van der Waals surface area (Å²) >= 11 is 0. The Kier molecular flexibility index (Phi) is 5.46. The summed E-state index contributed by atoms with van der Waals surface area (Å²) in [4.78, 5) is 35.4. The van der Waals surface area contributed by atoms with Crippen LogP contribution in [0.25, 0.3) is 0 Å². The summed E-state index contributed by atoms with van der Waals surface area (Å²) in [5.74, 6) is -1.24. The van der Waals surface area contributed by atoms with Gasteiger partial charge >= 0.3 is 5.97 Å². The standard InChI is InChI=1S/C15H19NO5/c1-9(15(19)20)16(4)14(18)11(3)21-13-7-5-6-12(8-13)10(2)17/h5-9,11H,1-4H3,(H,19,20). The Labute approximate surface area is 123 Å². The van der Waals surface area contributed by atoms with Crippen molar-refractivity contribution in [2.24, 2.45) is 0 Å². The molecule has 0 aliphatic heterocycles. The number of carbonyl (C=O) groups excluding carboxylic acids is 2. The Hall–Kier alpha value is -2.37. The van der Waals surface area contributed by atoms with E-state index >= 15 is 0 Å². The van der Waals surface area contributed by atoms with Crippen molar-refractivity contribution >= 4 is 17.7 Å². The lowest BCUT2D eigenvalue weighted by atomic mass is 10.1. The van der Waals surface area contributed by atoms with E-state index in [1.165, 1.54) is 27.8 Å². The van der Waals surface area contributed by atoms with Crippen molar-refractivity contribution in [3.8, 4) is 5.75 Å². The van der Waals surface area contributed by atoms with E-state index in [1.807, 2.05) is 0 Å². The molecule has 0 saturated carbocycles. The fraction of sp³-hybridized carbons (Fsp3) is 0.400. The van der Waals surface area contributed by atoms with Gasteiger partial charge in [-0.25, -0.2) is 4.79 Å². The van der Waals surface area contributed by atoms with Gasteiger partial charge in [0.15, 0.2) is 11.9 Å². The minimum Gasteiger partial charge on any atom is -0.481 e. The number of amides is 1. The highest BCUT2D eigenvalue weighted by Gasteiger charge is 2.26. The maximum atomic E-state index is 12.1. The highest BCUT2D eigenvalue weighted by atomic mass is 16.5. The molecule has 6 nitrogen and oxygen atoms in total. The zero-order chi connectivity index (χ0) is 16.2. The summed E-state index contributed by atoms with van der Waals surface area (Å²) in [7, 11) is 1.41. The van der Waals surface area contributed by atoms with E-state index in [0.29, 0.717) is 11.3 Å². The molecular weight excluding hydrogens is 274 g/mol. The number of carboxylic acids is 1. The van der Waals surface area contributed by atoms with Crippen molar-refractivity contribution in [2.45, 2.75) is 32.9 Å². The minimum atomic E-state index is -1.09. The summed E-state index contributed by atoms with van der Waals surface area (Å²) in [6.45, 7) is 4.40. The monoisotopic (exact) mass is 293 g/mol. The van der Waals surface area contributed by atoms with Crippen molar-refractivity contribution in [1.29, 1.82) is 0 Å². The second-order valence-electron chi connectivity index (χ2n) is 4.81. The quantitative estimate of drug-likeness (QED) is 0.805. The third-order valence-corrected chi connectivity index (χ3v) is 3.19. The lowest BCUT2D eigenvalue weighted by Gasteiger charge is -2.25. The number of ketones is 1. The van der Waals surface area contributed by atoms with E-state index in [0.717, 1.165) is 4.90 Å². The largest absolute Gasteiger partial charge is 0.481 e.